The second-order valence-electron chi connectivity index (χ2n) is 8.43. The Balaban J connectivity index is 1.36. The second-order valence-corrected chi connectivity index (χ2v) is 8.43. The van der Waals surface area contributed by atoms with Gasteiger partial charge in [0.15, 0.2) is 5.69 Å². The van der Waals surface area contributed by atoms with Gasteiger partial charge >= 0.3 is 6.18 Å². The third kappa shape index (κ3) is 4.13. The summed E-state index contributed by atoms with van der Waals surface area (Å²) < 4.78 is 42.2. The molecule has 3 saturated carbocycles. The number of alkyl halides is 3. The summed E-state index contributed by atoms with van der Waals surface area (Å²) in [4.78, 5) is 36.6. The van der Waals surface area contributed by atoms with E-state index in [0.29, 0.717) is 31.4 Å². The standard InChI is InChI=1S/C18H22F3N5O4/c19-18(20,21)13-3-11(26-30-13)15(28)24-12(7-17-4-9(5-17)6-17)16(29)25-23-8-10-1-2-22-14(10)27/h3,9-10,12,23H,1-2,4-8H2,(H,22,27)(H,24,28)(H,25,29)/t9?,10-,12?,17?/m0/s1. The number of hydrogen-bond donors (Lipinski definition) is 4. The van der Waals surface area contributed by atoms with E-state index in [2.05, 4.69) is 31.2 Å². The smallest absolute Gasteiger partial charge is 0.356 e. The van der Waals surface area contributed by atoms with Gasteiger partial charge in [-0.05, 0) is 43.4 Å². The Morgan fingerprint density at radius 3 is 2.60 bits per heavy atom. The number of carbonyl (C=O) groups is 3. The number of nitrogens with zero attached hydrogens (tertiary/aromatic N) is 1. The summed E-state index contributed by atoms with van der Waals surface area (Å²) in [5.74, 6) is -2.52. The molecule has 0 aromatic carbocycles. The van der Waals surface area contributed by atoms with E-state index in [1.165, 1.54) is 0 Å². The molecule has 1 aromatic heterocycles. The normalized spacial score (nSPS) is 28.2. The summed E-state index contributed by atoms with van der Waals surface area (Å²) in [5, 5.41) is 8.33. The molecular weight excluding hydrogens is 407 g/mol. The van der Waals surface area contributed by atoms with Crippen LogP contribution in [0.15, 0.2) is 10.6 Å². The summed E-state index contributed by atoms with van der Waals surface area (Å²) >= 11 is 0. The topological polar surface area (TPSA) is 125 Å². The van der Waals surface area contributed by atoms with Gasteiger partial charge in [0.05, 0.1) is 5.92 Å². The minimum atomic E-state index is -4.76. The Kier molecular flexibility index (Phi) is 5.20. The molecule has 2 atom stereocenters. The van der Waals surface area contributed by atoms with Gasteiger partial charge in [0.2, 0.25) is 11.7 Å². The third-order valence-electron chi connectivity index (χ3n) is 6.17. The number of amides is 3. The van der Waals surface area contributed by atoms with Crippen molar-refractivity contribution in [3.8, 4) is 0 Å². The summed E-state index contributed by atoms with van der Waals surface area (Å²) in [6.07, 6.45) is -0.791. The first-order valence-electron chi connectivity index (χ1n) is 9.80. The molecule has 0 spiro atoms. The number of nitrogens with one attached hydrogen (secondary N) is 4. The first-order valence-corrected chi connectivity index (χ1v) is 9.80. The highest BCUT2D eigenvalue weighted by atomic mass is 19.4. The Morgan fingerprint density at radius 1 is 1.33 bits per heavy atom. The lowest BCUT2D eigenvalue weighted by atomic mass is 9.43. The first kappa shape index (κ1) is 20.6. The maximum Gasteiger partial charge on any atom is 0.452 e. The Hall–Kier alpha value is -2.63. The second kappa shape index (κ2) is 7.56. The van der Waals surface area contributed by atoms with E-state index < -0.39 is 35.5 Å². The van der Waals surface area contributed by atoms with Crippen molar-refractivity contribution in [1.29, 1.82) is 0 Å². The molecule has 1 aromatic rings. The van der Waals surface area contributed by atoms with E-state index in [4.69, 9.17) is 0 Å². The minimum Gasteiger partial charge on any atom is -0.356 e. The van der Waals surface area contributed by atoms with Crippen LogP contribution in [0.4, 0.5) is 13.2 Å². The minimum absolute atomic E-state index is 0.00769. The van der Waals surface area contributed by atoms with E-state index in [0.717, 1.165) is 19.3 Å². The van der Waals surface area contributed by atoms with Gasteiger partial charge in [-0.15, -0.1) is 0 Å². The first-order chi connectivity index (χ1) is 14.2. The molecule has 3 aliphatic carbocycles. The van der Waals surface area contributed by atoms with Crippen LogP contribution in [0.3, 0.4) is 0 Å². The van der Waals surface area contributed by atoms with Gasteiger partial charge in [-0.2, -0.15) is 13.2 Å². The van der Waals surface area contributed by atoms with Crippen LogP contribution in [0.5, 0.6) is 0 Å². The van der Waals surface area contributed by atoms with Crippen LogP contribution < -0.4 is 21.5 Å². The maximum absolute atomic E-state index is 12.7. The molecule has 3 amide bonds. The molecule has 1 unspecified atom stereocenters. The zero-order chi connectivity index (χ0) is 21.5. The molecule has 4 aliphatic rings. The fourth-order valence-corrected chi connectivity index (χ4v) is 4.49. The Bertz CT molecular complexity index is 838. The number of rotatable bonds is 8. The van der Waals surface area contributed by atoms with Gasteiger partial charge < -0.3 is 15.2 Å². The average molecular weight is 429 g/mol. The van der Waals surface area contributed by atoms with Gasteiger partial charge in [0.1, 0.15) is 6.04 Å². The van der Waals surface area contributed by atoms with E-state index in [-0.39, 0.29) is 23.8 Å². The van der Waals surface area contributed by atoms with E-state index in [9.17, 15) is 27.6 Å². The number of hydrogen-bond acceptors (Lipinski definition) is 6. The van der Waals surface area contributed by atoms with Gasteiger partial charge in [-0.25, -0.2) is 5.43 Å². The molecule has 1 saturated heterocycles. The van der Waals surface area contributed by atoms with Crippen LogP contribution in [0, 0.1) is 17.3 Å². The highest BCUT2D eigenvalue weighted by Crippen LogP contribution is 2.66. The van der Waals surface area contributed by atoms with Crippen molar-refractivity contribution in [2.45, 2.75) is 44.3 Å². The average Bonchev–Trinajstić information content (AvgIpc) is 3.25. The fraction of sp³-hybridized carbons (Fsp3) is 0.667. The van der Waals surface area contributed by atoms with Crippen molar-refractivity contribution in [2.24, 2.45) is 17.3 Å². The Labute approximate surface area is 169 Å². The molecule has 2 heterocycles. The van der Waals surface area contributed by atoms with E-state index in [1.54, 1.807) is 0 Å². The molecule has 12 heteroatoms. The Morgan fingerprint density at radius 2 is 2.07 bits per heavy atom. The van der Waals surface area contributed by atoms with Crippen molar-refractivity contribution in [1.82, 2.24) is 26.6 Å². The van der Waals surface area contributed by atoms with Gasteiger partial charge in [-0.1, -0.05) is 5.16 Å². The van der Waals surface area contributed by atoms with Crippen molar-refractivity contribution in [2.75, 3.05) is 13.1 Å². The highest BCUT2D eigenvalue weighted by molar-refractivity contribution is 5.96. The molecule has 30 heavy (non-hydrogen) atoms. The van der Waals surface area contributed by atoms with Crippen molar-refractivity contribution >= 4 is 17.7 Å². The summed E-state index contributed by atoms with van der Waals surface area (Å²) in [6.45, 7) is 0.822. The van der Waals surface area contributed by atoms with Crippen LogP contribution in [0.25, 0.3) is 0 Å². The van der Waals surface area contributed by atoms with Crippen LogP contribution in [-0.4, -0.2) is 42.0 Å². The maximum atomic E-state index is 12.7. The summed E-state index contributed by atoms with van der Waals surface area (Å²) in [7, 11) is 0. The number of carbonyl (C=O) groups excluding carboxylic acids is 3. The van der Waals surface area contributed by atoms with Crippen LogP contribution in [0.2, 0.25) is 0 Å². The lowest BCUT2D eigenvalue weighted by molar-refractivity contribution is -0.155. The largest absolute Gasteiger partial charge is 0.452 e. The number of aromatic nitrogens is 1. The zero-order valence-corrected chi connectivity index (χ0v) is 16.0. The lowest BCUT2D eigenvalue weighted by Gasteiger charge is -2.63. The van der Waals surface area contributed by atoms with Crippen molar-refractivity contribution in [3.05, 3.63) is 17.5 Å². The summed E-state index contributed by atoms with van der Waals surface area (Å²) in [6, 6.07) is -0.447. The molecule has 0 radical (unpaired) electrons. The number of hydrazine groups is 1. The van der Waals surface area contributed by atoms with Crippen LogP contribution in [-0.2, 0) is 15.8 Å². The van der Waals surface area contributed by atoms with Crippen molar-refractivity contribution in [3.63, 3.8) is 0 Å². The summed E-state index contributed by atoms with van der Waals surface area (Å²) in [5.41, 5.74) is 4.66. The molecule has 164 valence electrons. The fourth-order valence-electron chi connectivity index (χ4n) is 4.49. The van der Waals surface area contributed by atoms with Crippen molar-refractivity contribution < 1.29 is 32.1 Å². The van der Waals surface area contributed by atoms with E-state index >= 15 is 0 Å². The third-order valence-corrected chi connectivity index (χ3v) is 6.17. The zero-order valence-electron chi connectivity index (χ0n) is 16.0. The predicted octanol–water partition coefficient (Wildman–Crippen LogP) is 0.739. The van der Waals surface area contributed by atoms with Gasteiger partial charge in [0.25, 0.3) is 11.8 Å². The molecule has 4 N–H and O–H groups in total. The van der Waals surface area contributed by atoms with Crippen LogP contribution >= 0.6 is 0 Å². The molecule has 1 aliphatic heterocycles. The van der Waals surface area contributed by atoms with Gasteiger partial charge in [0, 0.05) is 19.2 Å². The predicted molar refractivity (Wildman–Crippen MR) is 94.4 cm³/mol. The monoisotopic (exact) mass is 429 g/mol. The highest BCUT2D eigenvalue weighted by Gasteiger charge is 2.57. The van der Waals surface area contributed by atoms with Crippen LogP contribution in [0.1, 0.15) is 48.4 Å². The lowest BCUT2D eigenvalue weighted by Crippen LogP contribution is -2.59. The molecule has 2 bridgehead atoms. The molecular formula is C18H22F3N5O4. The molecule has 9 nitrogen and oxygen atoms in total. The SMILES string of the molecule is O=C(NC(CC12CC(C1)C2)C(=O)NNC[C@@H]1CCNC1=O)c1cc(C(F)(F)F)on1. The van der Waals surface area contributed by atoms with Gasteiger partial charge in [-0.3, -0.25) is 19.8 Å². The molecule has 5 rings (SSSR count). The quantitative estimate of drug-likeness (QED) is 0.452. The number of halogens is 3. The molecule has 4 fully saturated rings. The van der Waals surface area contributed by atoms with E-state index in [1.807, 2.05) is 0 Å².